The Hall–Kier alpha value is -2.83. The molecule has 0 saturated carbocycles. The van der Waals surface area contributed by atoms with Crippen molar-refractivity contribution in [2.45, 2.75) is 19.9 Å². The minimum Gasteiger partial charge on any atom is -0.437 e. The SMILES string of the molecule is Cc1ccc(Cl)c(Oc2cc(N3CCN(C(=O)c4ccc(Cl)cc4)C(C)C3)ncn2)c1. The van der Waals surface area contributed by atoms with Gasteiger partial charge >= 0.3 is 0 Å². The second-order valence-electron chi connectivity index (χ2n) is 7.55. The van der Waals surface area contributed by atoms with E-state index < -0.39 is 0 Å². The largest absolute Gasteiger partial charge is 0.437 e. The molecule has 6 nitrogen and oxygen atoms in total. The van der Waals surface area contributed by atoms with Crippen LogP contribution in [0.5, 0.6) is 11.6 Å². The standard InChI is InChI=1S/C23H22Cl2N4O2/c1-15-3-8-19(25)20(11-15)31-22-12-21(26-14-27-22)28-9-10-29(16(2)13-28)23(30)17-4-6-18(24)7-5-17/h3-8,11-12,14,16H,9-10,13H2,1-2H3. The number of nitrogens with zero attached hydrogens (tertiary/aromatic N) is 4. The van der Waals surface area contributed by atoms with Gasteiger partial charge in [-0.25, -0.2) is 9.97 Å². The highest BCUT2D eigenvalue weighted by atomic mass is 35.5. The summed E-state index contributed by atoms with van der Waals surface area (Å²) in [5, 5.41) is 1.14. The third kappa shape index (κ3) is 4.92. The number of halogens is 2. The molecule has 1 aliphatic heterocycles. The molecule has 0 radical (unpaired) electrons. The number of hydrogen-bond acceptors (Lipinski definition) is 5. The van der Waals surface area contributed by atoms with Crippen LogP contribution < -0.4 is 9.64 Å². The Kier molecular flexibility index (Phi) is 6.30. The highest BCUT2D eigenvalue weighted by molar-refractivity contribution is 6.32. The highest BCUT2D eigenvalue weighted by Gasteiger charge is 2.29. The molecule has 1 aliphatic rings. The summed E-state index contributed by atoms with van der Waals surface area (Å²) in [7, 11) is 0. The van der Waals surface area contributed by atoms with E-state index in [0.717, 1.165) is 11.4 Å². The maximum Gasteiger partial charge on any atom is 0.254 e. The molecular formula is C23H22Cl2N4O2. The van der Waals surface area contributed by atoms with Crippen LogP contribution in [0.25, 0.3) is 0 Å². The quantitative estimate of drug-likeness (QED) is 0.537. The molecule has 1 atom stereocenters. The van der Waals surface area contributed by atoms with E-state index in [0.29, 0.717) is 46.9 Å². The van der Waals surface area contributed by atoms with Crippen molar-refractivity contribution >= 4 is 34.9 Å². The van der Waals surface area contributed by atoms with Crippen molar-refractivity contribution < 1.29 is 9.53 Å². The number of carbonyl (C=O) groups excluding carboxylic acids is 1. The minimum absolute atomic E-state index is 0.00427. The molecule has 3 aromatic rings. The van der Waals surface area contributed by atoms with Crippen LogP contribution in [-0.4, -0.2) is 46.5 Å². The fourth-order valence-corrected chi connectivity index (χ4v) is 3.87. The number of amides is 1. The highest BCUT2D eigenvalue weighted by Crippen LogP contribution is 2.30. The number of benzene rings is 2. The maximum atomic E-state index is 12.9. The third-order valence-corrected chi connectivity index (χ3v) is 5.80. The molecule has 0 spiro atoms. The van der Waals surface area contributed by atoms with Gasteiger partial charge < -0.3 is 14.5 Å². The lowest BCUT2D eigenvalue weighted by molar-refractivity contribution is 0.0673. The van der Waals surface area contributed by atoms with E-state index in [2.05, 4.69) is 14.9 Å². The Morgan fingerprint density at radius 3 is 2.58 bits per heavy atom. The second-order valence-corrected chi connectivity index (χ2v) is 8.39. The van der Waals surface area contributed by atoms with Gasteiger partial charge in [-0.2, -0.15) is 0 Å². The van der Waals surface area contributed by atoms with Crippen molar-refractivity contribution in [1.29, 1.82) is 0 Å². The Labute approximate surface area is 191 Å². The van der Waals surface area contributed by atoms with Crippen molar-refractivity contribution in [3.63, 3.8) is 0 Å². The van der Waals surface area contributed by atoms with Gasteiger partial charge in [0, 0.05) is 42.3 Å². The first-order chi connectivity index (χ1) is 14.9. The van der Waals surface area contributed by atoms with Gasteiger partial charge in [-0.1, -0.05) is 29.3 Å². The fraction of sp³-hybridized carbons (Fsp3) is 0.261. The smallest absolute Gasteiger partial charge is 0.254 e. The molecule has 4 rings (SSSR count). The van der Waals surface area contributed by atoms with Crippen LogP contribution in [-0.2, 0) is 0 Å². The van der Waals surface area contributed by atoms with Crippen molar-refractivity contribution in [2.24, 2.45) is 0 Å². The lowest BCUT2D eigenvalue weighted by Crippen LogP contribution is -2.54. The molecule has 0 aliphatic carbocycles. The van der Waals surface area contributed by atoms with Gasteiger partial charge in [-0.15, -0.1) is 0 Å². The number of piperazine rings is 1. The van der Waals surface area contributed by atoms with Crippen molar-refractivity contribution in [2.75, 3.05) is 24.5 Å². The van der Waals surface area contributed by atoms with E-state index >= 15 is 0 Å². The predicted molar refractivity (Wildman–Crippen MR) is 122 cm³/mol. The van der Waals surface area contributed by atoms with E-state index in [-0.39, 0.29) is 11.9 Å². The van der Waals surface area contributed by atoms with Gasteiger partial charge in [-0.3, -0.25) is 4.79 Å². The number of hydrogen-bond donors (Lipinski definition) is 0. The summed E-state index contributed by atoms with van der Waals surface area (Å²) in [6, 6.07) is 14.4. The Bertz CT molecular complexity index is 1090. The molecule has 1 unspecified atom stereocenters. The number of anilines is 1. The van der Waals surface area contributed by atoms with Crippen molar-refractivity contribution in [3.05, 3.63) is 76.0 Å². The molecule has 1 aromatic heterocycles. The second kappa shape index (κ2) is 9.12. The zero-order valence-corrected chi connectivity index (χ0v) is 18.8. The molecule has 160 valence electrons. The summed E-state index contributed by atoms with van der Waals surface area (Å²) in [5.41, 5.74) is 1.68. The summed E-state index contributed by atoms with van der Waals surface area (Å²) in [6.45, 7) is 5.91. The summed E-state index contributed by atoms with van der Waals surface area (Å²) >= 11 is 12.2. The van der Waals surface area contributed by atoms with Crippen LogP contribution >= 0.6 is 23.2 Å². The predicted octanol–water partition coefficient (Wildman–Crippen LogP) is 5.24. The van der Waals surface area contributed by atoms with Crippen molar-refractivity contribution in [1.82, 2.24) is 14.9 Å². The normalized spacial score (nSPS) is 16.3. The Morgan fingerprint density at radius 1 is 1.06 bits per heavy atom. The maximum absolute atomic E-state index is 12.9. The number of ether oxygens (including phenoxy) is 1. The lowest BCUT2D eigenvalue weighted by atomic mass is 10.1. The molecule has 1 fully saturated rings. The monoisotopic (exact) mass is 456 g/mol. The summed E-state index contributed by atoms with van der Waals surface area (Å²) in [6.07, 6.45) is 1.48. The van der Waals surface area contributed by atoms with E-state index in [1.54, 1.807) is 36.4 Å². The first-order valence-corrected chi connectivity index (χ1v) is 10.7. The summed E-state index contributed by atoms with van der Waals surface area (Å²) in [4.78, 5) is 25.5. The van der Waals surface area contributed by atoms with Crippen LogP contribution in [0.4, 0.5) is 5.82 Å². The average Bonchev–Trinajstić information content (AvgIpc) is 2.76. The summed E-state index contributed by atoms with van der Waals surface area (Å²) < 4.78 is 5.89. The van der Waals surface area contributed by atoms with Crippen LogP contribution in [0.1, 0.15) is 22.8 Å². The van der Waals surface area contributed by atoms with Crippen molar-refractivity contribution in [3.8, 4) is 11.6 Å². The number of carbonyl (C=O) groups is 1. The van der Waals surface area contributed by atoms with E-state index in [4.69, 9.17) is 27.9 Å². The number of rotatable bonds is 4. The van der Waals surface area contributed by atoms with E-state index in [9.17, 15) is 4.79 Å². The first-order valence-electron chi connectivity index (χ1n) is 9.98. The zero-order valence-electron chi connectivity index (χ0n) is 17.3. The molecule has 8 heteroatoms. The lowest BCUT2D eigenvalue weighted by Gasteiger charge is -2.40. The third-order valence-electron chi connectivity index (χ3n) is 5.23. The van der Waals surface area contributed by atoms with Gasteiger partial charge in [0.15, 0.2) is 0 Å². The first kappa shape index (κ1) is 21.4. The molecule has 2 heterocycles. The Balaban J connectivity index is 1.45. The Morgan fingerprint density at radius 2 is 1.84 bits per heavy atom. The van der Waals surface area contributed by atoms with Gasteiger partial charge in [-0.05, 0) is 55.8 Å². The molecular weight excluding hydrogens is 435 g/mol. The van der Waals surface area contributed by atoms with E-state index in [1.807, 2.05) is 30.9 Å². The average molecular weight is 457 g/mol. The van der Waals surface area contributed by atoms with Crippen LogP contribution in [0.15, 0.2) is 54.9 Å². The van der Waals surface area contributed by atoms with Gasteiger partial charge in [0.2, 0.25) is 5.88 Å². The van der Waals surface area contributed by atoms with E-state index in [1.165, 1.54) is 6.33 Å². The topological polar surface area (TPSA) is 58.6 Å². The summed E-state index contributed by atoms with van der Waals surface area (Å²) in [5.74, 6) is 1.73. The fourth-order valence-electron chi connectivity index (χ4n) is 3.59. The van der Waals surface area contributed by atoms with Gasteiger partial charge in [0.05, 0.1) is 5.02 Å². The molecule has 2 aromatic carbocycles. The van der Waals surface area contributed by atoms with Crippen LogP contribution in [0.2, 0.25) is 10.0 Å². The molecule has 0 bridgehead atoms. The number of aryl methyl sites for hydroxylation is 1. The molecule has 1 amide bonds. The zero-order chi connectivity index (χ0) is 22.0. The van der Waals surface area contributed by atoms with Crippen LogP contribution in [0.3, 0.4) is 0 Å². The molecule has 1 saturated heterocycles. The van der Waals surface area contributed by atoms with Gasteiger partial charge in [0.1, 0.15) is 17.9 Å². The minimum atomic E-state index is 0.00427. The molecule has 0 N–H and O–H groups in total. The van der Waals surface area contributed by atoms with Gasteiger partial charge in [0.25, 0.3) is 5.91 Å². The van der Waals surface area contributed by atoms with Crippen LogP contribution in [0, 0.1) is 6.92 Å². The number of aromatic nitrogens is 2. The molecule has 31 heavy (non-hydrogen) atoms.